The molecular formula is C10H7N5O2. The highest BCUT2D eigenvalue weighted by Crippen LogP contribution is 2.27. The highest BCUT2D eigenvalue weighted by Gasteiger charge is 2.14. The number of benzene rings is 1. The molecule has 0 aliphatic rings. The second-order valence-electron chi connectivity index (χ2n) is 3.28. The molecule has 0 fully saturated rings. The topological polar surface area (TPSA) is 122 Å². The molecule has 0 aliphatic heterocycles. The van der Waals surface area contributed by atoms with Crippen LogP contribution in [0.4, 0.5) is 11.5 Å². The lowest BCUT2D eigenvalue weighted by Gasteiger charge is -1.98. The second-order valence-corrected chi connectivity index (χ2v) is 3.28. The smallest absolute Gasteiger partial charge is 0.270 e. The van der Waals surface area contributed by atoms with Crippen LogP contribution in [0.15, 0.2) is 24.3 Å². The van der Waals surface area contributed by atoms with Gasteiger partial charge in [-0.1, -0.05) is 12.1 Å². The van der Waals surface area contributed by atoms with Crippen molar-refractivity contribution >= 4 is 11.5 Å². The van der Waals surface area contributed by atoms with Crippen molar-refractivity contribution in [1.82, 2.24) is 10.2 Å². The number of non-ortho nitro benzene ring substituents is 1. The first-order valence-corrected chi connectivity index (χ1v) is 4.62. The minimum atomic E-state index is -0.505. The van der Waals surface area contributed by atoms with Crippen LogP contribution in [0.1, 0.15) is 5.56 Å². The number of nitrogens with two attached hydrogens (primary N) is 1. The predicted molar refractivity (Wildman–Crippen MR) is 59.8 cm³/mol. The van der Waals surface area contributed by atoms with Crippen molar-refractivity contribution in [1.29, 1.82) is 5.26 Å². The average molecular weight is 229 g/mol. The summed E-state index contributed by atoms with van der Waals surface area (Å²) >= 11 is 0. The number of aromatic nitrogens is 2. The van der Waals surface area contributed by atoms with Crippen molar-refractivity contribution in [3.63, 3.8) is 0 Å². The molecule has 17 heavy (non-hydrogen) atoms. The Labute approximate surface area is 95.6 Å². The first kappa shape index (κ1) is 10.6. The predicted octanol–water partition coefficient (Wildman–Crippen LogP) is 1.44. The van der Waals surface area contributed by atoms with Gasteiger partial charge in [-0.2, -0.15) is 10.4 Å². The number of hydrogen-bond donors (Lipinski definition) is 2. The summed E-state index contributed by atoms with van der Waals surface area (Å²) in [7, 11) is 0. The SMILES string of the molecule is N#Cc1c(N)n[nH]c1-c1cccc([N+](=O)[O-])c1. The molecule has 0 saturated carbocycles. The number of aromatic amines is 1. The molecule has 1 aromatic heterocycles. The molecular weight excluding hydrogens is 222 g/mol. The van der Waals surface area contributed by atoms with Gasteiger partial charge in [0.25, 0.3) is 5.69 Å². The minimum absolute atomic E-state index is 0.0560. The van der Waals surface area contributed by atoms with Crippen LogP contribution in [-0.4, -0.2) is 15.1 Å². The Kier molecular flexibility index (Phi) is 2.46. The van der Waals surface area contributed by atoms with Gasteiger partial charge in [0.15, 0.2) is 5.82 Å². The van der Waals surface area contributed by atoms with E-state index in [1.807, 2.05) is 6.07 Å². The third-order valence-corrected chi connectivity index (χ3v) is 2.25. The van der Waals surface area contributed by atoms with Crippen LogP contribution in [0.2, 0.25) is 0 Å². The van der Waals surface area contributed by atoms with Crippen LogP contribution >= 0.6 is 0 Å². The van der Waals surface area contributed by atoms with Gasteiger partial charge in [0.1, 0.15) is 11.6 Å². The Morgan fingerprint density at radius 2 is 2.29 bits per heavy atom. The number of hydrogen-bond acceptors (Lipinski definition) is 5. The Bertz CT molecular complexity index is 626. The molecule has 1 heterocycles. The van der Waals surface area contributed by atoms with Gasteiger partial charge in [0, 0.05) is 17.7 Å². The first-order chi connectivity index (χ1) is 8.13. The van der Waals surface area contributed by atoms with Crippen LogP contribution in [0.25, 0.3) is 11.3 Å². The molecule has 0 amide bonds. The molecule has 7 nitrogen and oxygen atoms in total. The van der Waals surface area contributed by atoms with Crippen molar-refractivity contribution in [3.05, 3.63) is 39.9 Å². The fourth-order valence-corrected chi connectivity index (χ4v) is 1.45. The number of nitrogens with zero attached hydrogens (tertiary/aromatic N) is 3. The molecule has 0 unspecified atom stereocenters. The number of nitro benzene ring substituents is 1. The van der Waals surface area contributed by atoms with Gasteiger partial charge in [-0.05, 0) is 0 Å². The Morgan fingerprint density at radius 3 is 2.94 bits per heavy atom. The largest absolute Gasteiger partial charge is 0.381 e. The van der Waals surface area contributed by atoms with Crippen molar-refractivity contribution in [3.8, 4) is 17.3 Å². The quantitative estimate of drug-likeness (QED) is 0.595. The van der Waals surface area contributed by atoms with Crippen LogP contribution in [0.5, 0.6) is 0 Å². The van der Waals surface area contributed by atoms with E-state index in [1.54, 1.807) is 6.07 Å². The summed E-state index contributed by atoms with van der Waals surface area (Å²) in [6.07, 6.45) is 0. The lowest BCUT2D eigenvalue weighted by atomic mass is 10.1. The molecule has 7 heteroatoms. The zero-order chi connectivity index (χ0) is 12.4. The molecule has 0 aliphatic carbocycles. The summed E-state index contributed by atoms with van der Waals surface area (Å²) in [6, 6.07) is 7.80. The third-order valence-electron chi connectivity index (χ3n) is 2.25. The molecule has 0 spiro atoms. The summed E-state index contributed by atoms with van der Waals surface area (Å²) in [5.74, 6) is 0.0778. The summed E-state index contributed by atoms with van der Waals surface area (Å²) < 4.78 is 0. The van der Waals surface area contributed by atoms with E-state index in [0.717, 1.165) is 0 Å². The molecule has 2 rings (SSSR count). The fourth-order valence-electron chi connectivity index (χ4n) is 1.45. The van der Waals surface area contributed by atoms with E-state index in [4.69, 9.17) is 11.0 Å². The van der Waals surface area contributed by atoms with E-state index >= 15 is 0 Å². The summed E-state index contributed by atoms with van der Waals surface area (Å²) in [5, 5.41) is 25.8. The van der Waals surface area contributed by atoms with E-state index in [2.05, 4.69) is 10.2 Å². The van der Waals surface area contributed by atoms with Gasteiger partial charge in [-0.15, -0.1) is 0 Å². The van der Waals surface area contributed by atoms with Crippen molar-refractivity contribution in [2.24, 2.45) is 0 Å². The molecule has 2 aromatic rings. The van der Waals surface area contributed by atoms with E-state index in [-0.39, 0.29) is 17.1 Å². The lowest BCUT2D eigenvalue weighted by molar-refractivity contribution is -0.384. The summed E-state index contributed by atoms with van der Waals surface area (Å²) in [6.45, 7) is 0. The number of nitrogens with one attached hydrogen (secondary N) is 1. The monoisotopic (exact) mass is 229 g/mol. The van der Waals surface area contributed by atoms with E-state index in [1.165, 1.54) is 18.2 Å². The summed E-state index contributed by atoms with van der Waals surface area (Å²) in [4.78, 5) is 10.1. The van der Waals surface area contributed by atoms with Crippen LogP contribution in [0.3, 0.4) is 0 Å². The van der Waals surface area contributed by atoms with Gasteiger partial charge in [-0.3, -0.25) is 15.2 Å². The van der Waals surface area contributed by atoms with Gasteiger partial charge in [0.2, 0.25) is 0 Å². The van der Waals surface area contributed by atoms with E-state index < -0.39 is 4.92 Å². The van der Waals surface area contributed by atoms with E-state index in [9.17, 15) is 10.1 Å². The number of H-pyrrole nitrogens is 1. The zero-order valence-corrected chi connectivity index (χ0v) is 8.54. The van der Waals surface area contributed by atoms with Gasteiger partial charge < -0.3 is 5.73 Å². The Balaban J connectivity index is 2.57. The zero-order valence-electron chi connectivity index (χ0n) is 8.54. The number of nitriles is 1. The maximum absolute atomic E-state index is 10.6. The van der Waals surface area contributed by atoms with Crippen molar-refractivity contribution < 1.29 is 4.92 Å². The van der Waals surface area contributed by atoms with Gasteiger partial charge in [0.05, 0.1) is 10.6 Å². The number of nitrogen functional groups attached to an aromatic ring is 1. The van der Waals surface area contributed by atoms with Gasteiger partial charge >= 0.3 is 0 Å². The highest BCUT2D eigenvalue weighted by molar-refractivity contribution is 5.73. The average Bonchev–Trinajstić information content (AvgIpc) is 2.70. The Hall–Kier alpha value is -2.88. The molecule has 0 radical (unpaired) electrons. The molecule has 84 valence electrons. The number of anilines is 1. The molecule has 3 N–H and O–H groups in total. The maximum atomic E-state index is 10.6. The van der Waals surface area contributed by atoms with Crippen molar-refractivity contribution in [2.75, 3.05) is 5.73 Å². The third kappa shape index (κ3) is 1.79. The van der Waals surface area contributed by atoms with Crippen LogP contribution in [0, 0.1) is 21.4 Å². The second kappa shape index (κ2) is 3.94. The normalized spacial score (nSPS) is 9.82. The first-order valence-electron chi connectivity index (χ1n) is 4.62. The highest BCUT2D eigenvalue weighted by atomic mass is 16.6. The minimum Gasteiger partial charge on any atom is -0.381 e. The molecule has 0 bridgehead atoms. The molecule has 0 atom stereocenters. The molecule has 1 aromatic carbocycles. The van der Waals surface area contributed by atoms with E-state index in [0.29, 0.717) is 11.3 Å². The fraction of sp³-hybridized carbons (Fsp3) is 0. The number of rotatable bonds is 2. The van der Waals surface area contributed by atoms with Crippen molar-refractivity contribution in [2.45, 2.75) is 0 Å². The number of nitro groups is 1. The molecule has 0 saturated heterocycles. The maximum Gasteiger partial charge on any atom is 0.270 e. The van der Waals surface area contributed by atoms with Crippen LogP contribution < -0.4 is 5.73 Å². The lowest BCUT2D eigenvalue weighted by Crippen LogP contribution is -1.90. The summed E-state index contributed by atoms with van der Waals surface area (Å²) in [5.41, 5.74) is 6.50. The van der Waals surface area contributed by atoms with Gasteiger partial charge in [-0.25, -0.2) is 0 Å². The van der Waals surface area contributed by atoms with Crippen LogP contribution in [-0.2, 0) is 0 Å². The Morgan fingerprint density at radius 1 is 1.53 bits per heavy atom. The standard InChI is InChI=1S/C10H7N5O2/c11-5-8-9(13-14-10(8)12)6-2-1-3-7(4-6)15(16)17/h1-4H,(H3,12,13,14).